The number of thioether (sulfide) groups is 1. The van der Waals surface area contributed by atoms with E-state index in [1.807, 2.05) is 6.92 Å². The summed E-state index contributed by atoms with van der Waals surface area (Å²) in [7, 11) is 0. The number of hydrogen-bond donors (Lipinski definition) is 2. The van der Waals surface area contributed by atoms with Crippen LogP contribution >= 0.6 is 11.8 Å². The molecule has 7 nitrogen and oxygen atoms in total. The Morgan fingerprint density at radius 2 is 2.05 bits per heavy atom. The number of hydrogen-bond acceptors (Lipinski definition) is 6. The topological polar surface area (TPSA) is 97.4 Å². The molecule has 0 atom stereocenters. The molecule has 0 unspecified atom stereocenters. The van der Waals surface area contributed by atoms with E-state index in [-0.39, 0.29) is 12.5 Å². The van der Waals surface area contributed by atoms with Crippen molar-refractivity contribution in [2.75, 3.05) is 26.0 Å². The largest absolute Gasteiger partial charge is 0.452 e. The van der Waals surface area contributed by atoms with Gasteiger partial charge < -0.3 is 15.4 Å². The molecule has 0 fully saturated rings. The van der Waals surface area contributed by atoms with Gasteiger partial charge in [-0.25, -0.2) is 9.78 Å². The maximum Gasteiger partial charge on any atom is 0.341 e. The van der Waals surface area contributed by atoms with Gasteiger partial charge in [-0.05, 0) is 24.8 Å². The fourth-order valence-corrected chi connectivity index (χ4v) is 2.01. The fraction of sp³-hybridized carbons (Fsp3) is 0.429. The average Bonchev–Trinajstić information content (AvgIpc) is 2.55. The van der Waals surface area contributed by atoms with E-state index in [0.717, 1.165) is 6.42 Å². The van der Waals surface area contributed by atoms with Crippen molar-refractivity contribution in [2.45, 2.75) is 18.4 Å². The molecule has 120 valence electrons. The number of pyridine rings is 1. The molecule has 1 rings (SSSR count). The van der Waals surface area contributed by atoms with Crippen molar-refractivity contribution in [2.24, 2.45) is 0 Å². The Labute approximate surface area is 133 Å². The molecule has 0 radical (unpaired) electrons. The Bertz CT molecular complexity index is 537. The molecular formula is C14H19N3O4S. The SMILES string of the molecule is CCCNC(=O)CNC(=O)COC(=O)c1cccnc1SC. The molecule has 8 heteroatoms. The molecule has 1 aromatic heterocycles. The first-order chi connectivity index (χ1) is 10.6. The van der Waals surface area contributed by atoms with Crippen LogP contribution in [0.25, 0.3) is 0 Å². The Balaban J connectivity index is 2.37. The molecule has 1 heterocycles. The van der Waals surface area contributed by atoms with Crippen LogP contribution in [0.15, 0.2) is 23.4 Å². The fourth-order valence-electron chi connectivity index (χ4n) is 1.47. The van der Waals surface area contributed by atoms with Crippen LogP contribution in [-0.2, 0) is 14.3 Å². The van der Waals surface area contributed by atoms with E-state index in [9.17, 15) is 14.4 Å². The standard InChI is InChI=1S/C14H19N3O4S/c1-3-6-15-11(18)8-17-12(19)9-21-14(20)10-5-4-7-16-13(10)22-2/h4-5,7H,3,6,8-9H2,1-2H3,(H,15,18)(H,17,19). The van der Waals surface area contributed by atoms with E-state index in [0.29, 0.717) is 17.1 Å². The van der Waals surface area contributed by atoms with Gasteiger partial charge in [-0.3, -0.25) is 9.59 Å². The van der Waals surface area contributed by atoms with Gasteiger partial charge in [0.15, 0.2) is 6.61 Å². The quantitative estimate of drug-likeness (QED) is 0.537. The molecule has 0 aliphatic rings. The molecule has 0 bridgehead atoms. The minimum Gasteiger partial charge on any atom is -0.452 e. The third kappa shape index (κ3) is 6.13. The lowest BCUT2D eigenvalue weighted by atomic mass is 10.3. The summed E-state index contributed by atoms with van der Waals surface area (Å²) in [6, 6.07) is 3.20. The monoisotopic (exact) mass is 325 g/mol. The molecule has 22 heavy (non-hydrogen) atoms. The number of carbonyl (C=O) groups is 3. The summed E-state index contributed by atoms with van der Waals surface area (Å²) < 4.78 is 4.91. The lowest BCUT2D eigenvalue weighted by Crippen LogP contribution is -2.38. The Kier molecular flexibility index (Phi) is 7.98. The zero-order chi connectivity index (χ0) is 16.4. The minimum absolute atomic E-state index is 0.140. The summed E-state index contributed by atoms with van der Waals surface area (Å²) >= 11 is 1.31. The zero-order valence-corrected chi connectivity index (χ0v) is 13.4. The number of aromatic nitrogens is 1. The molecule has 0 saturated carbocycles. The summed E-state index contributed by atoms with van der Waals surface area (Å²) in [5.41, 5.74) is 0.309. The average molecular weight is 325 g/mol. The van der Waals surface area contributed by atoms with Crippen LogP contribution in [0.1, 0.15) is 23.7 Å². The number of esters is 1. The molecule has 0 aliphatic carbocycles. The Morgan fingerprint density at radius 3 is 2.73 bits per heavy atom. The third-order valence-electron chi connectivity index (χ3n) is 2.54. The molecule has 2 amide bonds. The van der Waals surface area contributed by atoms with Gasteiger partial charge in [0.25, 0.3) is 5.91 Å². The van der Waals surface area contributed by atoms with Gasteiger partial charge in [0.05, 0.1) is 12.1 Å². The van der Waals surface area contributed by atoms with Crippen LogP contribution < -0.4 is 10.6 Å². The molecule has 0 saturated heterocycles. The summed E-state index contributed by atoms with van der Waals surface area (Å²) in [4.78, 5) is 38.7. The summed E-state index contributed by atoms with van der Waals surface area (Å²) in [5.74, 6) is -1.43. The summed E-state index contributed by atoms with van der Waals surface area (Å²) in [6.45, 7) is 1.91. The number of nitrogens with one attached hydrogen (secondary N) is 2. The predicted molar refractivity (Wildman–Crippen MR) is 82.6 cm³/mol. The van der Waals surface area contributed by atoms with Crippen LogP contribution in [0.5, 0.6) is 0 Å². The zero-order valence-electron chi connectivity index (χ0n) is 12.5. The highest BCUT2D eigenvalue weighted by molar-refractivity contribution is 7.98. The maximum atomic E-state index is 11.9. The molecular weight excluding hydrogens is 306 g/mol. The third-order valence-corrected chi connectivity index (χ3v) is 3.25. The molecule has 0 aromatic carbocycles. The first kappa shape index (κ1) is 18.0. The van der Waals surface area contributed by atoms with Gasteiger partial charge in [-0.15, -0.1) is 11.8 Å². The smallest absolute Gasteiger partial charge is 0.341 e. The molecule has 1 aromatic rings. The van der Waals surface area contributed by atoms with Gasteiger partial charge in [0.1, 0.15) is 5.03 Å². The highest BCUT2D eigenvalue weighted by atomic mass is 32.2. The van der Waals surface area contributed by atoms with Gasteiger partial charge >= 0.3 is 5.97 Å². The van der Waals surface area contributed by atoms with Gasteiger partial charge in [0, 0.05) is 12.7 Å². The van der Waals surface area contributed by atoms with Gasteiger partial charge in [-0.1, -0.05) is 6.92 Å². The van der Waals surface area contributed by atoms with Crippen molar-refractivity contribution in [1.82, 2.24) is 15.6 Å². The Morgan fingerprint density at radius 1 is 1.27 bits per heavy atom. The second kappa shape index (κ2) is 9.78. The van der Waals surface area contributed by atoms with Crippen molar-refractivity contribution in [1.29, 1.82) is 0 Å². The van der Waals surface area contributed by atoms with E-state index in [1.54, 1.807) is 24.6 Å². The number of amides is 2. The van der Waals surface area contributed by atoms with Crippen molar-refractivity contribution in [3.05, 3.63) is 23.9 Å². The van der Waals surface area contributed by atoms with Crippen LogP contribution in [-0.4, -0.2) is 48.7 Å². The van der Waals surface area contributed by atoms with E-state index in [4.69, 9.17) is 4.74 Å². The van der Waals surface area contributed by atoms with E-state index < -0.39 is 18.5 Å². The predicted octanol–water partition coefficient (Wildman–Crippen LogP) is 0.603. The van der Waals surface area contributed by atoms with Gasteiger partial charge in [-0.2, -0.15) is 0 Å². The molecule has 0 aliphatic heterocycles. The maximum absolute atomic E-state index is 11.9. The highest BCUT2D eigenvalue weighted by Gasteiger charge is 2.15. The van der Waals surface area contributed by atoms with Gasteiger partial charge in [0.2, 0.25) is 5.91 Å². The second-order valence-corrected chi connectivity index (χ2v) is 5.06. The van der Waals surface area contributed by atoms with Crippen molar-refractivity contribution >= 4 is 29.5 Å². The first-order valence-corrected chi connectivity index (χ1v) is 8.00. The number of carbonyl (C=O) groups excluding carboxylic acids is 3. The minimum atomic E-state index is -0.622. The van der Waals surface area contributed by atoms with Crippen LogP contribution in [0.3, 0.4) is 0 Å². The second-order valence-electron chi connectivity index (χ2n) is 4.26. The molecule has 0 spiro atoms. The highest BCUT2D eigenvalue weighted by Crippen LogP contribution is 2.17. The van der Waals surface area contributed by atoms with E-state index in [1.165, 1.54) is 11.8 Å². The van der Waals surface area contributed by atoms with Crippen molar-refractivity contribution in [3.8, 4) is 0 Å². The summed E-state index contributed by atoms with van der Waals surface area (Å²) in [6.07, 6.45) is 4.19. The lowest BCUT2D eigenvalue weighted by molar-refractivity contribution is -0.127. The summed E-state index contributed by atoms with van der Waals surface area (Å²) in [5, 5.41) is 5.53. The van der Waals surface area contributed by atoms with Crippen LogP contribution in [0.2, 0.25) is 0 Å². The number of nitrogens with zero attached hydrogens (tertiary/aromatic N) is 1. The normalized spacial score (nSPS) is 9.91. The number of ether oxygens (including phenoxy) is 1. The van der Waals surface area contributed by atoms with Crippen LogP contribution in [0, 0.1) is 0 Å². The van der Waals surface area contributed by atoms with E-state index >= 15 is 0 Å². The Hall–Kier alpha value is -2.09. The van der Waals surface area contributed by atoms with E-state index in [2.05, 4.69) is 15.6 Å². The lowest BCUT2D eigenvalue weighted by Gasteiger charge is -2.08. The first-order valence-electron chi connectivity index (χ1n) is 6.78. The van der Waals surface area contributed by atoms with Crippen LogP contribution in [0.4, 0.5) is 0 Å². The molecule has 2 N–H and O–H groups in total. The van der Waals surface area contributed by atoms with Crippen molar-refractivity contribution < 1.29 is 19.1 Å². The van der Waals surface area contributed by atoms with Crippen molar-refractivity contribution in [3.63, 3.8) is 0 Å². The number of rotatable bonds is 8.